The average molecular weight is 232 g/mol. The fourth-order valence-electron chi connectivity index (χ4n) is 2.25. The molecular formula is C14H20N2O. The Kier molecular flexibility index (Phi) is 3.50. The predicted molar refractivity (Wildman–Crippen MR) is 71.1 cm³/mol. The summed E-state index contributed by atoms with van der Waals surface area (Å²) in [5, 5.41) is 11.4. The van der Waals surface area contributed by atoms with E-state index in [-0.39, 0.29) is 0 Å². The van der Waals surface area contributed by atoms with E-state index in [0.717, 1.165) is 17.5 Å². The second-order valence-corrected chi connectivity index (χ2v) is 4.67. The van der Waals surface area contributed by atoms with Gasteiger partial charge in [-0.1, -0.05) is 18.2 Å². The molecule has 0 saturated heterocycles. The lowest BCUT2D eigenvalue weighted by Gasteiger charge is -2.15. The van der Waals surface area contributed by atoms with Gasteiger partial charge in [0.1, 0.15) is 0 Å². The van der Waals surface area contributed by atoms with Gasteiger partial charge in [0.15, 0.2) is 0 Å². The Bertz CT molecular complexity index is 502. The quantitative estimate of drug-likeness (QED) is 0.876. The maximum Gasteiger partial charge on any atom is 0.0937 e. The Balaban J connectivity index is 2.46. The first-order valence-electron chi connectivity index (χ1n) is 6.04. The lowest BCUT2D eigenvalue weighted by atomic mass is 10.1. The number of hydrogen-bond donors (Lipinski definition) is 1. The molecule has 0 aliphatic rings. The van der Waals surface area contributed by atoms with Gasteiger partial charge in [0.25, 0.3) is 0 Å². The van der Waals surface area contributed by atoms with Crippen LogP contribution in [0.3, 0.4) is 0 Å². The van der Waals surface area contributed by atoms with Crippen molar-refractivity contribution in [3.8, 4) is 0 Å². The van der Waals surface area contributed by atoms with Crippen molar-refractivity contribution >= 4 is 10.9 Å². The van der Waals surface area contributed by atoms with Crippen molar-refractivity contribution < 1.29 is 5.11 Å². The largest absolute Gasteiger partial charge is 0.387 e. The molecule has 1 heterocycles. The number of fused-ring (bicyclic) bond motifs is 1. The number of aryl methyl sites for hydroxylation is 1. The van der Waals surface area contributed by atoms with Crippen LogP contribution in [-0.4, -0.2) is 35.2 Å². The summed E-state index contributed by atoms with van der Waals surface area (Å²) in [6.07, 6.45) is 1.64. The Morgan fingerprint density at radius 3 is 2.65 bits per heavy atom. The fourth-order valence-corrected chi connectivity index (χ4v) is 2.25. The summed E-state index contributed by atoms with van der Waals surface area (Å²) in [7, 11) is 3.95. The Hall–Kier alpha value is -1.32. The van der Waals surface area contributed by atoms with Crippen molar-refractivity contribution in [1.29, 1.82) is 0 Å². The smallest absolute Gasteiger partial charge is 0.0937 e. The minimum atomic E-state index is -0.428. The van der Waals surface area contributed by atoms with E-state index < -0.39 is 6.10 Å². The van der Waals surface area contributed by atoms with Gasteiger partial charge in [-0.2, -0.15) is 0 Å². The van der Waals surface area contributed by atoms with Crippen molar-refractivity contribution in [2.75, 3.05) is 20.6 Å². The van der Waals surface area contributed by atoms with Crippen molar-refractivity contribution in [1.82, 2.24) is 9.47 Å². The lowest BCUT2D eigenvalue weighted by Crippen LogP contribution is -2.19. The summed E-state index contributed by atoms with van der Waals surface area (Å²) in [5.41, 5.74) is 2.22. The Morgan fingerprint density at radius 2 is 2.00 bits per heavy atom. The number of aromatic nitrogens is 1. The van der Waals surface area contributed by atoms with Crippen LogP contribution in [0.15, 0.2) is 30.5 Å². The molecule has 1 aromatic carbocycles. The number of rotatable bonds is 4. The maximum atomic E-state index is 10.2. The molecule has 3 heteroatoms. The van der Waals surface area contributed by atoms with Gasteiger partial charge in [0, 0.05) is 35.8 Å². The second kappa shape index (κ2) is 4.90. The molecule has 0 bridgehead atoms. The van der Waals surface area contributed by atoms with Crippen molar-refractivity contribution in [3.05, 3.63) is 36.0 Å². The minimum absolute atomic E-state index is 0.428. The number of likely N-dealkylation sites (N-methyl/N-ethyl adjacent to an activating group) is 1. The van der Waals surface area contributed by atoms with Gasteiger partial charge in [-0.3, -0.25) is 0 Å². The van der Waals surface area contributed by atoms with Crippen LogP contribution in [-0.2, 0) is 6.54 Å². The maximum absolute atomic E-state index is 10.2. The van der Waals surface area contributed by atoms with Crippen LogP contribution >= 0.6 is 0 Å². The molecule has 0 saturated carbocycles. The van der Waals surface area contributed by atoms with E-state index in [1.54, 1.807) is 0 Å². The van der Waals surface area contributed by atoms with Crippen LogP contribution in [0.4, 0.5) is 0 Å². The molecular weight excluding hydrogens is 212 g/mol. The van der Waals surface area contributed by atoms with Gasteiger partial charge in [-0.25, -0.2) is 0 Å². The van der Waals surface area contributed by atoms with Crippen LogP contribution in [0.2, 0.25) is 0 Å². The molecule has 0 spiro atoms. The zero-order chi connectivity index (χ0) is 12.4. The number of nitrogens with zero attached hydrogens (tertiary/aromatic N) is 2. The molecule has 1 atom stereocenters. The molecule has 0 aliphatic carbocycles. The van der Waals surface area contributed by atoms with Gasteiger partial charge in [-0.15, -0.1) is 0 Å². The average Bonchev–Trinajstić information content (AvgIpc) is 2.67. The highest BCUT2D eigenvalue weighted by atomic mass is 16.3. The Morgan fingerprint density at radius 1 is 1.29 bits per heavy atom. The lowest BCUT2D eigenvalue weighted by molar-refractivity contribution is 0.139. The van der Waals surface area contributed by atoms with Gasteiger partial charge in [-0.05, 0) is 27.1 Å². The zero-order valence-corrected chi connectivity index (χ0v) is 10.7. The van der Waals surface area contributed by atoms with E-state index >= 15 is 0 Å². The summed E-state index contributed by atoms with van der Waals surface area (Å²) in [4.78, 5) is 2.00. The van der Waals surface area contributed by atoms with E-state index in [2.05, 4.69) is 29.8 Å². The molecule has 0 amide bonds. The molecule has 1 aromatic heterocycles. The number of hydrogen-bond acceptors (Lipinski definition) is 2. The normalized spacial score (nSPS) is 13.5. The number of para-hydroxylation sites is 1. The molecule has 0 fully saturated rings. The third-order valence-electron chi connectivity index (χ3n) is 3.06. The highest BCUT2D eigenvalue weighted by molar-refractivity contribution is 5.84. The third-order valence-corrected chi connectivity index (χ3v) is 3.06. The first-order chi connectivity index (χ1) is 8.13. The highest BCUT2D eigenvalue weighted by Gasteiger charge is 2.15. The molecule has 0 radical (unpaired) electrons. The molecule has 17 heavy (non-hydrogen) atoms. The van der Waals surface area contributed by atoms with Gasteiger partial charge >= 0.3 is 0 Å². The molecule has 92 valence electrons. The van der Waals surface area contributed by atoms with Crippen molar-refractivity contribution in [2.45, 2.75) is 19.6 Å². The molecule has 3 nitrogen and oxygen atoms in total. The fraction of sp³-hybridized carbons (Fsp3) is 0.429. The third kappa shape index (κ3) is 2.35. The SMILES string of the molecule is CCn1cc([C@H](O)CN(C)C)c2ccccc21. The summed E-state index contributed by atoms with van der Waals surface area (Å²) in [6, 6.07) is 8.24. The van der Waals surface area contributed by atoms with Gasteiger partial charge in [0.05, 0.1) is 6.10 Å². The van der Waals surface area contributed by atoms with E-state index in [0.29, 0.717) is 6.54 Å². The summed E-state index contributed by atoms with van der Waals surface area (Å²) < 4.78 is 2.18. The topological polar surface area (TPSA) is 28.4 Å². The zero-order valence-electron chi connectivity index (χ0n) is 10.7. The van der Waals surface area contributed by atoms with E-state index in [1.165, 1.54) is 5.52 Å². The van der Waals surface area contributed by atoms with Crippen LogP contribution < -0.4 is 0 Å². The van der Waals surface area contributed by atoms with Crippen LogP contribution in [0.5, 0.6) is 0 Å². The number of aliphatic hydroxyl groups excluding tert-OH is 1. The van der Waals surface area contributed by atoms with E-state index in [9.17, 15) is 5.11 Å². The summed E-state index contributed by atoms with van der Waals surface area (Å²) in [5.74, 6) is 0. The van der Waals surface area contributed by atoms with Crippen molar-refractivity contribution in [3.63, 3.8) is 0 Å². The van der Waals surface area contributed by atoms with Crippen LogP contribution in [0.1, 0.15) is 18.6 Å². The standard InChI is InChI=1S/C14H20N2O/c1-4-16-9-12(14(17)10-15(2)3)11-7-5-6-8-13(11)16/h5-9,14,17H,4,10H2,1-3H3/t14-/m1/s1. The van der Waals surface area contributed by atoms with Crippen molar-refractivity contribution in [2.24, 2.45) is 0 Å². The number of benzene rings is 1. The minimum Gasteiger partial charge on any atom is -0.387 e. The predicted octanol–water partition coefficient (Wildman–Crippen LogP) is 2.26. The second-order valence-electron chi connectivity index (χ2n) is 4.67. The molecule has 0 unspecified atom stereocenters. The molecule has 1 N–H and O–H groups in total. The summed E-state index contributed by atoms with van der Waals surface area (Å²) in [6.45, 7) is 3.70. The van der Waals surface area contributed by atoms with Crippen LogP contribution in [0.25, 0.3) is 10.9 Å². The monoisotopic (exact) mass is 232 g/mol. The van der Waals surface area contributed by atoms with E-state index in [1.807, 2.05) is 31.1 Å². The molecule has 0 aliphatic heterocycles. The first-order valence-corrected chi connectivity index (χ1v) is 6.04. The number of aliphatic hydroxyl groups is 1. The van der Waals surface area contributed by atoms with E-state index in [4.69, 9.17) is 0 Å². The highest BCUT2D eigenvalue weighted by Crippen LogP contribution is 2.26. The van der Waals surface area contributed by atoms with Gasteiger partial charge in [0.2, 0.25) is 0 Å². The first kappa shape index (κ1) is 12.1. The van der Waals surface area contributed by atoms with Crippen LogP contribution in [0, 0.1) is 0 Å². The Labute approximate surface area is 102 Å². The molecule has 2 aromatic rings. The van der Waals surface area contributed by atoms with Gasteiger partial charge < -0.3 is 14.6 Å². The summed E-state index contributed by atoms with van der Waals surface area (Å²) >= 11 is 0. The molecule has 2 rings (SSSR count).